The smallest absolute Gasteiger partial charge is 0.137 e. The first-order valence-corrected chi connectivity index (χ1v) is 5.93. The van der Waals surface area contributed by atoms with E-state index >= 15 is 0 Å². The Kier molecular flexibility index (Phi) is 6.13. The van der Waals surface area contributed by atoms with Gasteiger partial charge in [0.05, 0.1) is 18.5 Å². The molecule has 3 heteroatoms. The zero-order valence-corrected chi connectivity index (χ0v) is 10.8. The van der Waals surface area contributed by atoms with Crippen LogP contribution in [-0.2, 0) is 6.54 Å². The van der Waals surface area contributed by atoms with Gasteiger partial charge in [-0.05, 0) is 19.1 Å². The number of pyridine rings is 1. The topological polar surface area (TPSA) is 34.1 Å². The highest BCUT2D eigenvalue weighted by Gasteiger charge is 1.98. The monoisotopic (exact) mass is 232 g/mol. The second-order valence-electron chi connectivity index (χ2n) is 4.05. The average molecular weight is 232 g/mol. The standard InChI is InChI=1S/C14H20N2O/c1-4-5-6-9-17-14-8-7-13(16-11-14)10-15-12(2)3/h7-8,11-12,15H,6,9-10H2,1-3H3. The molecule has 0 atom stereocenters. The van der Waals surface area contributed by atoms with Crippen LogP contribution < -0.4 is 10.1 Å². The summed E-state index contributed by atoms with van der Waals surface area (Å²) in [5, 5.41) is 3.32. The summed E-state index contributed by atoms with van der Waals surface area (Å²) < 4.78 is 5.50. The van der Waals surface area contributed by atoms with E-state index in [0.29, 0.717) is 12.6 Å². The molecule has 0 amide bonds. The Morgan fingerprint density at radius 3 is 2.82 bits per heavy atom. The molecule has 0 unspecified atom stereocenters. The van der Waals surface area contributed by atoms with Crippen LogP contribution in [0.2, 0.25) is 0 Å². The van der Waals surface area contributed by atoms with Crippen molar-refractivity contribution in [2.75, 3.05) is 6.61 Å². The molecule has 0 saturated carbocycles. The molecule has 17 heavy (non-hydrogen) atoms. The minimum atomic E-state index is 0.473. The third-order valence-electron chi connectivity index (χ3n) is 2.16. The lowest BCUT2D eigenvalue weighted by atomic mass is 10.3. The first-order valence-electron chi connectivity index (χ1n) is 5.93. The highest BCUT2D eigenvalue weighted by Crippen LogP contribution is 2.09. The minimum absolute atomic E-state index is 0.473. The highest BCUT2D eigenvalue weighted by atomic mass is 16.5. The predicted octanol–water partition coefficient (Wildman–Crippen LogP) is 2.37. The van der Waals surface area contributed by atoms with Gasteiger partial charge in [0.25, 0.3) is 0 Å². The average Bonchev–Trinajstić information content (AvgIpc) is 2.33. The molecule has 1 N–H and O–H groups in total. The maximum Gasteiger partial charge on any atom is 0.137 e. The molecule has 1 aromatic heterocycles. The zero-order valence-electron chi connectivity index (χ0n) is 10.8. The summed E-state index contributed by atoms with van der Waals surface area (Å²) in [6, 6.07) is 4.40. The van der Waals surface area contributed by atoms with Crippen LogP contribution in [0.25, 0.3) is 0 Å². The first-order chi connectivity index (χ1) is 8.22. The molecule has 0 aromatic carbocycles. The molecule has 1 aromatic rings. The van der Waals surface area contributed by atoms with Crippen LogP contribution in [0.5, 0.6) is 5.75 Å². The molecule has 0 fully saturated rings. The van der Waals surface area contributed by atoms with Crippen molar-refractivity contribution in [3.63, 3.8) is 0 Å². The molecule has 0 spiro atoms. The van der Waals surface area contributed by atoms with E-state index in [1.54, 1.807) is 6.20 Å². The van der Waals surface area contributed by atoms with Gasteiger partial charge in [0, 0.05) is 19.0 Å². The molecular weight excluding hydrogens is 212 g/mol. The molecule has 1 rings (SSSR count). The molecule has 0 aliphatic carbocycles. The largest absolute Gasteiger partial charge is 0.491 e. The van der Waals surface area contributed by atoms with Crippen LogP contribution in [-0.4, -0.2) is 17.6 Å². The van der Waals surface area contributed by atoms with Crippen molar-refractivity contribution in [1.82, 2.24) is 10.3 Å². The van der Waals surface area contributed by atoms with Crippen LogP contribution in [0.4, 0.5) is 0 Å². The Balaban J connectivity index is 2.35. The number of ether oxygens (including phenoxy) is 1. The van der Waals surface area contributed by atoms with Crippen LogP contribution in [0.3, 0.4) is 0 Å². The lowest BCUT2D eigenvalue weighted by Crippen LogP contribution is -2.22. The molecule has 0 aliphatic rings. The molecule has 0 bridgehead atoms. The number of nitrogens with zero attached hydrogens (tertiary/aromatic N) is 1. The van der Waals surface area contributed by atoms with E-state index in [1.807, 2.05) is 19.1 Å². The lowest BCUT2D eigenvalue weighted by molar-refractivity contribution is 0.325. The molecule has 3 nitrogen and oxygen atoms in total. The van der Waals surface area contributed by atoms with Gasteiger partial charge < -0.3 is 10.1 Å². The highest BCUT2D eigenvalue weighted by molar-refractivity contribution is 5.19. The quantitative estimate of drug-likeness (QED) is 0.604. The van der Waals surface area contributed by atoms with E-state index < -0.39 is 0 Å². The summed E-state index contributed by atoms with van der Waals surface area (Å²) >= 11 is 0. The fraction of sp³-hybridized carbons (Fsp3) is 0.500. The van der Waals surface area contributed by atoms with Gasteiger partial charge >= 0.3 is 0 Å². The van der Waals surface area contributed by atoms with E-state index in [1.165, 1.54) is 0 Å². The number of hydrogen-bond donors (Lipinski definition) is 1. The summed E-state index contributed by atoms with van der Waals surface area (Å²) in [5.74, 6) is 6.60. The van der Waals surface area contributed by atoms with Gasteiger partial charge in [-0.1, -0.05) is 13.8 Å². The molecule has 0 saturated heterocycles. The second-order valence-corrected chi connectivity index (χ2v) is 4.05. The third-order valence-corrected chi connectivity index (χ3v) is 2.16. The Bertz CT molecular complexity index is 373. The SMILES string of the molecule is CC#CCCOc1ccc(CNC(C)C)nc1. The minimum Gasteiger partial charge on any atom is -0.491 e. The fourth-order valence-electron chi connectivity index (χ4n) is 1.25. The van der Waals surface area contributed by atoms with E-state index in [4.69, 9.17) is 4.74 Å². The molecular formula is C14H20N2O. The maximum absolute atomic E-state index is 5.50. The summed E-state index contributed by atoms with van der Waals surface area (Å²) in [6.07, 6.45) is 2.52. The fourth-order valence-corrected chi connectivity index (χ4v) is 1.25. The van der Waals surface area contributed by atoms with Crippen LogP contribution in [0, 0.1) is 11.8 Å². The summed E-state index contributed by atoms with van der Waals surface area (Å²) in [4.78, 5) is 4.33. The number of rotatable bonds is 6. The van der Waals surface area contributed by atoms with Crippen molar-refractivity contribution in [3.8, 4) is 17.6 Å². The van der Waals surface area contributed by atoms with Gasteiger partial charge in [0.2, 0.25) is 0 Å². The summed E-state index contributed by atoms with van der Waals surface area (Å²) in [6.45, 7) is 7.47. The predicted molar refractivity (Wildman–Crippen MR) is 69.8 cm³/mol. The molecule has 92 valence electrons. The van der Waals surface area contributed by atoms with Crippen molar-refractivity contribution in [2.45, 2.75) is 39.8 Å². The van der Waals surface area contributed by atoms with Gasteiger partial charge in [0.1, 0.15) is 5.75 Å². The number of hydrogen-bond acceptors (Lipinski definition) is 3. The van der Waals surface area contributed by atoms with E-state index in [-0.39, 0.29) is 0 Å². The van der Waals surface area contributed by atoms with Crippen molar-refractivity contribution < 1.29 is 4.74 Å². The molecule has 1 heterocycles. The molecule has 0 radical (unpaired) electrons. The Morgan fingerprint density at radius 1 is 1.41 bits per heavy atom. The Labute approximate surface area is 104 Å². The molecule has 0 aliphatic heterocycles. The van der Waals surface area contributed by atoms with E-state index in [2.05, 4.69) is 36.0 Å². The Morgan fingerprint density at radius 2 is 2.24 bits per heavy atom. The summed E-state index contributed by atoms with van der Waals surface area (Å²) in [7, 11) is 0. The zero-order chi connectivity index (χ0) is 12.5. The van der Waals surface area contributed by atoms with E-state index in [9.17, 15) is 0 Å². The van der Waals surface area contributed by atoms with Crippen LogP contribution in [0.1, 0.15) is 32.9 Å². The second kappa shape index (κ2) is 7.70. The number of aromatic nitrogens is 1. The maximum atomic E-state index is 5.50. The van der Waals surface area contributed by atoms with Gasteiger partial charge in [-0.25, -0.2) is 0 Å². The lowest BCUT2D eigenvalue weighted by Gasteiger charge is -2.08. The van der Waals surface area contributed by atoms with Gasteiger partial charge in [-0.2, -0.15) is 0 Å². The van der Waals surface area contributed by atoms with Crippen LogP contribution >= 0.6 is 0 Å². The normalized spacial score (nSPS) is 9.88. The third kappa shape index (κ3) is 5.94. The summed E-state index contributed by atoms with van der Waals surface area (Å²) in [5.41, 5.74) is 1.03. The van der Waals surface area contributed by atoms with Gasteiger partial charge in [0.15, 0.2) is 0 Å². The van der Waals surface area contributed by atoms with Gasteiger partial charge in [-0.15, -0.1) is 11.8 Å². The first kappa shape index (κ1) is 13.5. The van der Waals surface area contributed by atoms with Gasteiger partial charge in [-0.3, -0.25) is 4.98 Å². The van der Waals surface area contributed by atoms with Crippen molar-refractivity contribution in [1.29, 1.82) is 0 Å². The van der Waals surface area contributed by atoms with Crippen molar-refractivity contribution in [2.24, 2.45) is 0 Å². The van der Waals surface area contributed by atoms with Crippen LogP contribution in [0.15, 0.2) is 18.3 Å². The van der Waals surface area contributed by atoms with Crippen molar-refractivity contribution >= 4 is 0 Å². The van der Waals surface area contributed by atoms with Crippen molar-refractivity contribution in [3.05, 3.63) is 24.0 Å². The van der Waals surface area contributed by atoms with E-state index in [0.717, 1.165) is 24.4 Å². The Hall–Kier alpha value is -1.53. The number of nitrogens with one attached hydrogen (secondary N) is 1.